The van der Waals surface area contributed by atoms with Gasteiger partial charge in [-0.3, -0.25) is 4.79 Å². The number of ketones is 1. The van der Waals surface area contributed by atoms with E-state index >= 15 is 0 Å². The van der Waals surface area contributed by atoms with Crippen LogP contribution in [0, 0.1) is 0 Å². The van der Waals surface area contributed by atoms with Crippen molar-refractivity contribution in [2.45, 2.75) is 17.7 Å². The van der Waals surface area contributed by atoms with Gasteiger partial charge in [0, 0.05) is 12.0 Å². The number of aromatic nitrogens is 2. The lowest BCUT2D eigenvalue weighted by molar-refractivity contribution is 0.0686. The molecule has 0 fully saturated rings. The summed E-state index contributed by atoms with van der Waals surface area (Å²) in [6.45, 7) is 0.962. The summed E-state index contributed by atoms with van der Waals surface area (Å²) in [4.78, 5) is 12.5. The van der Waals surface area contributed by atoms with Gasteiger partial charge < -0.3 is 18.6 Å². The molecule has 0 radical (unpaired) electrons. The largest absolute Gasteiger partial charge is 0.493 e. The van der Waals surface area contributed by atoms with Gasteiger partial charge in [0.25, 0.3) is 11.1 Å². The summed E-state index contributed by atoms with van der Waals surface area (Å²) in [6, 6.07) is 13.0. The number of benzene rings is 2. The molecule has 28 heavy (non-hydrogen) atoms. The molecule has 2 aliphatic heterocycles. The van der Waals surface area contributed by atoms with E-state index in [2.05, 4.69) is 10.2 Å². The third-order valence-electron chi connectivity index (χ3n) is 4.54. The fourth-order valence-corrected chi connectivity index (χ4v) is 3.78. The van der Waals surface area contributed by atoms with Crippen LogP contribution in [0.1, 0.15) is 27.9 Å². The zero-order chi connectivity index (χ0) is 18.9. The van der Waals surface area contributed by atoms with Crippen molar-refractivity contribution in [3.8, 4) is 17.2 Å². The van der Waals surface area contributed by atoms with E-state index in [0.29, 0.717) is 41.4 Å². The monoisotopic (exact) mass is 396 g/mol. The van der Waals surface area contributed by atoms with E-state index in [4.69, 9.17) is 18.6 Å². The van der Waals surface area contributed by atoms with Crippen LogP contribution in [0.4, 0.5) is 0 Å². The number of hydrogen-bond donors (Lipinski definition) is 0. The Hall–Kier alpha value is -3.00. The molecule has 5 rings (SSSR count). The molecule has 0 spiro atoms. The number of nitrogens with zero attached hydrogens (tertiary/aromatic N) is 2. The number of thioether (sulfide) groups is 1. The second kappa shape index (κ2) is 7.20. The van der Waals surface area contributed by atoms with E-state index in [1.54, 1.807) is 6.07 Å². The minimum absolute atomic E-state index is 0.00521. The molecule has 0 N–H and O–H groups in total. The molecule has 8 heteroatoms. The first-order valence-electron chi connectivity index (χ1n) is 8.90. The van der Waals surface area contributed by atoms with Gasteiger partial charge in [-0.05, 0) is 35.9 Å². The summed E-state index contributed by atoms with van der Waals surface area (Å²) < 4.78 is 22.7. The van der Waals surface area contributed by atoms with E-state index in [0.717, 1.165) is 17.7 Å². The smallest absolute Gasteiger partial charge is 0.277 e. The molecule has 3 aromatic rings. The van der Waals surface area contributed by atoms with E-state index in [1.807, 2.05) is 36.4 Å². The Bertz CT molecular complexity index is 1030. The topological polar surface area (TPSA) is 83.7 Å². The molecule has 1 aromatic heterocycles. The molecule has 2 aromatic carbocycles. The van der Waals surface area contributed by atoms with Gasteiger partial charge in [0.2, 0.25) is 6.10 Å². The van der Waals surface area contributed by atoms with Gasteiger partial charge in [-0.15, -0.1) is 10.2 Å². The minimum Gasteiger partial charge on any atom is -0.493 e. The fraction of sp³-hybridized carbons (Fsp3) is 0.250. The molecule has 7 nitrogen and oxygen atoms in total. The molecule has 0 amide bonds. The first kappa shape index (κ1) is 17.1. The summed E-state index contributed by atoms with van der Waals surface area (Å²) in [5.74, 6) is 2.75. The van der Waals surface area contributed by atoms with Crippen LogP contribution in [-0.4, -0.2) is 34.9 Å². The van der Waals surface area contributed by atoms with Gasteiger partial charge in [-0.2, -0.15) is 0 Å². The highest BCUT2D eigenvalue weighted by atomic mass is 32.2. The summed E-state index contributed by atoms with van der Waals surface area (Å²) in [6.07, 6.45) is 0.368. The second-order valence-electron chi connectivity index (χ2n) is 6.40. The van der Waals surface area contributed by atoms with Crippen LogP contribution in [0.25, 0.3) is 0 Å². The molecular weight excluding hydrogens is 380 g/mol. The number of carbonyl (C=O) groups is 1. The zero-order valence-electron chi connectivity index (χ0n) is 14.8. The molecule has 0 aliphatic carbocycles. The van der Waals surface area contributed by atoms with Crippen molar-refractivity contribution in [2.24, 2.45) is 0 Å². The van der Waals surface area contributed by atoms with Gasteiger partial charge in [-0.1, -0.05) is 23.9 Å². The van der Waals surface area contributed by atoms with Crippen molar-refractivity contribution in [3.05, 3.63) is 59.5 Å². The number of ether oxygens (including phenoxy) is 3. The maximum absolute atomic E-state index is 12.5. The third-order valence-corrected chi connectivity index (χ3v) is 5.36. The molecule has 0 saturated carbocycles. The highest BCUT2D eigenvalue weighted by Gasteiger charge is 2.27. The van der Waals surface area contributed by atoms with Crippen LogP contribution in [0.15, 0.2) is 52.1 Å². The Labute approximate surface area is 165 Å². The van der Waals surface area contributed by atoms with E-state index in [1.165, 1.54) is 11.8 Å². The predicted molar refractivity (Wildman–Crippen MR) is 100 cm³/mol. The molecule has 0 saturated heterocycles. The molecule has 2 aliphatic rings. The van der Waals surface area contributed by atoms with Crippen LogP contribution >= 0.6 is 11.8 Å². The highest BCUT2D eigenvalue weighted by molar-refractivity contribution is 7.99. The third kappa shape index (κ3) is 3.31. The highest BCUT2D eigenvalue weighted by Crippen LogP contribution is 2.36. The maximum atomic E-state index is 12.5. The number of para-hydroxylation sites is 2. The van der Waals surface area contributed by atoms with Crippen molar-refractivity contribution < 1.29 is 23.4 Å². The van der Waals surface area contributed by atoms with Crippen LogP contribution in [-0.2, 0) is 6.42 Å². The Morgan fingerprint density at radius 3 is 2.89 bits per heavy atom. The SMILES string of the molecule is O=C(CSc1nnc(C2COc3ccccc3O2)o1)c1ccc2c(c1)CCO2. The Morgan fingerprint density at radius 2 is 1.96 bits per heavy atom. The van der Waals surface area contributed by atoms with Crippen LogP contribution in [0.5, 0.6) is 17.2 Å². The maximum Gasteiger partial charge on any atom is 0.277 e. The molecule has 3 heterocycles. The number of fused-ring (bicyclic) bond motifs is 2. The van der Waals surface area contributed by atoms with Crippen molar-refractivity contribution >= 4 is 17.5 Å². The van der Waals surface area contributed by atoms with E-state index in [9.17, 15) is 4.79 Å². The lowest BCUT2D eigenvalue weighted by Gasteiger charge is -2.23. The Balaban J connectivity index is 1.22. The second-order valence-corrected chi connectivity index (χ2v) is 7.33. The minimum atomic E-state index is -0.468. The molecule has 142 valence electrons. The number of hydrogen-bond acceptors (Lipinski definition) is 8. The average Bonchev–Trinajstić information content (AvgIpc) is 3.40. The quantitative estimate of drug-likeness (QED) is 0.479. The van der Waals surface area contributed by atoms with Gasteiger partial charge in [-0.25, -0.2) is 0 Å². The molecule has 1 atom stereocenters. The standard InChI is InChI=1S/C20H16N2O5S/c23-14(12-5-6-15-13(9-12)7-8-24-15)11-28-20-22-21-19(27-20)18-10-25-16-3-1-2-4-17(16)26-18/h1-6,9,18H,7-8,10-11H2. The van der Waals surface area contributed by atoms with E-state index in [-0.39, 0.29) is 11.5 Å². The molecule has 0 bridgehead atoms. The summed E-state index contributed by atoms with van der Waals surface area (Å²) in [5.41, 5.74) is 1.74. The predicted octanol–water partition coefficient (Wildman–Crippen LogP) is 3.49. The average molecular weight is 396 g/mol. The lowest BCUT2D eigenvalue weighted by atomic mass is 10.1. The van der Waals surface area contributed by atoms with Crippen molar-refractivity contribution in [1.29, 1.82) is 0 Å². The van der Waals surface area contributed by atoms with Gasteiger partial charge in [0.15, 0.2) is 17.3 Å². The zero-order valence-corrected chi connectivity index (χ0v) is 15.6. The lowest BCUT2D eigenvalue weighted by Crippen LogP contribution is -2.21. The first-order chi connectivity index (χ1) is 13.8. The van der Waals surface area contributed by atoms with Gasteiger partial charge >= 0.3 is 0 Å². The summed E-state index contributed by atoms with van der Waals surface area (Å²) >= 11 is 1.21. The Morgan fingerprint density at radius 1 is 1.07 bits per heavy atom. The summed E-state index contributed by atoms with van der Waals surface area (Å²) in [5, 5.41) is 8.38. The number of Topliss-reactive ketones (excluding diaryl/α,β-unsaturated/α-hetero) is 1. The van der Waals surface area contributed by atoms with Crippen molar-refractivity contribution in [1.82, 2.24) is 10.2 Å². The fourth-order valence-electron chi connectivity index (χ4n) is 3.12. The normalized spacial score (nSPS) is 17.1. The number of rotatable bonds is 5. The first-order valence-corrected chi connectivity index (χ1v) is 9.88. The molecular formula is C20H16N2O5S. The van der Waals surface area contributed by atoms with Crippen LogP contribution in [0.3, 0.4) is 0 Å². The van der Waals surface area contributed by atoms with E-state index < -0.39 is 6.10 Å². The number of carbonyl (C=O) groups excluding carboxylic acids is 1. The Kier molecular flexibility index (Phi) is 4.40. The van der Waals surface area contributed by atoms with Crippen LogP contribution < -0.4 is 14.2 Å². The molecule has 1 unspecified atom stereocenters. The summed E-state index contributed by atoms with van der Waals surface area (Å²) in [7, 11) is 0. The van der Waals surface area contributed by atoms with Gasteiger partial charge in [0.05, 0.1) is 12.4 Å². The van der Waals surface area contributed by atoms with Crippen molar-refractivity contribution in [3.63, 3.8) is 0 Å². The van der Waals surface area contributed by atoms with Gasteiger partial charge in [0.1, 0.15) is 12.4 Å². The van der Waals surface area contributed by atoms with Crippen molar-refractivity contribution in [2.75, 3.05) is 19.0 Å². The van der Waals surface area contributed by atoms with Crippen LogP contribution in [0.2, 0.25) is 0 Å².